The maximum atomic E-state index is 10.1. The summed E-state index contributed by atoms with van der Waals surface area (Å²) < 4.78 is 2.33. The van der Waals surface area contributed by atoms with Gasteiger partial charge >= 0.3 is 0 Å². The van der Waals surface area contributed by atoms with Crippen molar-refractivity contribution in [3.05, 3.63) is 200 Å². The molecule has 0 aliphatic heterocycles. The molecule has 1 heterocycles. The van der Waals surface area contributed by atoms with E-state index in [1.54, 1.807) is 0 Å². The Labute approximate surface area is 329 Å². The van der Waals surface area contributed by atoms with E-state index < -0.39 is 0 Å². The molecule has 0 N–H and O–H groups in total. The first-order valence-corrected chi connectivity index (χ1v) is 19.5. The molecule has 0 fully saturated rings. The Hall–Kier alpha value is -7.73. The first-order valence-electron chi connectivity index (χ1n) is 19.5. The normalized spacial score (nSPS) is 11.8. The number of hydrogen-bond acceptors (Lipinski definition) is 1. The standard InChI is InChI=1S/C55H32N2/c56-33-39-24-28-52-54-42(39)25-26-47-41(27-29-53(55(47)54)57(52)40-12-2-1-3-13-40)35-19-21-36(22-20-35)48-31-50-46-17-9-7-15-44(46)49(32-51(50)45-16-8-6-14-43(45)48)38-23-18-34-10-4-5-11-37(34)30-38/h1-32H. The Morgan fingerprint density at radius 3 is 1.54 bits per heavy atom. The topological polar surface area (TPSA) is 28.7 Å². The summed E-state index contributed by atoms with van der Waals surface area (Å²) >= 11 is 0. The largest absolute Gasteiger partial charge is 0.309 e. The van der Waals surface area contributed by atoms with Gasteiger partial charge in [0.15, 0.2) is 0 Å². The van der Waals surface area contributed by atoms with Crippen LogP contribution in [-0.4, -0.2) is 4.57 Å². The number of aromatic nitrogens is 1. The van der Waals surface area contributed by atoms with Gasteiger partial charge in [0.05, 0.1) is 22.7 Å². The molecule has 2 heteroatoms. The second-order valence-electron chi connectivity index (χ2n) is 15.1. The molecule has 0 atom stereocenters. The summed E-state index contributed by atoms with van der Waals surface area (Å²) in [6.45, 7) is 0. The quantitative estimate of drug-likeness (QED) is 0.166. The smallest absolute Gasteiger partial charge is 0.0998 e. The number of rotatable bonds is 4. The maximum Gasteiger partial charge on any atom is 0.0998 e. The molecule has 0 amide bonds. The molecule has 11 aromatic carbocycles. The van der Waals surface area contributed by atoms with Crippen molar-refractivity contribution in [3.8, 4) is 45.1 Å². The van der Waals surface area contributed by atoms with Gasteiger partial charge in [-0.3, -0.25) is 0 Å². The Kier molecular flexibility index (Phi) is 6.73. The molecule has 0 spiro atoms. The molecule has 0 aliphatic carbocycles. The number of nitriles is 1. The van der Waals surface area contributed by atoms with Crippen LogP contribution < -0.4 is 0 Å². The SMILES string of the molecule is N#Cc1ccc2c3c1ccc1c(-c4ccc(-c5cc6c7ccccc7c(-c7ccc8ccccc8c7)cc6c6ccccc56)cc4)ccc(c13)n2-c1ccccc1. The minimum absolute atomic E-state index is 0.701. The van der Waals surface area contributed by atoms with Crippen molar-refractivity contribution < 1.29 is 0 Å². The van der Waals surface area contributed by atoms with Crippen LogP contribution in [0.1, 0.15) is 5.56 Å². The predicted octanol–water partition coefficient (Wildman–Crippen LogP) is 14.9. The zero-order valence-electron chi connectivity index (χ0n) is 30.9. The van der Waals surface area contributed by atoms with E-state index in [0.717, 1.165) is 33.1 Å². The molecule has 2 nitrogen and oxygen atoms in total. The van der Waals surface area contributed by atoms with Gasteiger partial charge in [0.1, 0.15) is 0 Å². The Morgan fingerprint density at radius 1 is 0.333 bits per heavy atom. The van der Waals surface area contributed by atoms with E-state index in [0.29, 0.717) is 5.56 Å². The highest BCUT2D eigenvalue weighted by atomic mass is 15.0. The molecular formula is C55H32N2. The van der Waals surface area contributed by atoms with Crippen LogP contribution in [0.4, 0.5) is 0 Å². The van der Waals surface area contributed by atoms with Crippen LogP contribution in [0.15, 0.2) is 194 Å². The molecule has 0 bridgehead atoms. The van der Waals surface area contributed by atoms with Crippen molar-refractivity contribution in [2.75, 3.05) is 0 Å². The van der Waals surface area contributed by atoms with E-state index >= 15 is 0 Å². The van der Waals surface area contributed by atoms with Gasteiger partial charge < -0.3 is 4.57 Å². The molecule has 1 aromatic heterocycles. The third kappa shape index (κ3) is 4.64. The monoisotopic (exact) mass is 720 g/mol. The minimum atomic E-state index is 0.701. The average Bonchev–Trinajstić information content (AvgIpc) is 3.63. The van der Waals surface area contributed by atoms with E-state index in [-0.39, 0.29) is 0 Å². The van der Waals surface area contributed by atoms with Gasteiger partial charge in [0.25, 0.3) is 0 Å². The summed E-state index contributed by atoms with van der Waals surface area (Å²) in [5.41, 5.74) is 11.3. The Bertz CT molecular complexity index is 3620. The second kappa shape index (κ2) is 12.1. The van der Waals surface area contributed by atoms with Gasteiger partial charge in [-0.1, -0.05) is 146 Å². The molecule has 0 unspecified atom stereocenters. The van der Waals surface area contributed by atoms with Gasteiger partial charge in [-0.2, -0.15) is 5.26 Å². The van der Waals surface area contributed by atoms with Gasteiger partial charge in [-0.15, -0.1) is 0 Å². The highest BCUT2D eigenvalue weighted by Crippen LogP contribution is 2.45. The molecule has 0 aliphatic rings. The van der Waals surface area contributed by atoms with Gasteiger partial charge in [0.2, 0.25) is 0 Å². The third-order valence-corrected chi connectivity index (χ3v) is 12.2. The van der Waals surface area contributed by atoms with E-state index in [1.165, 1.54) is 81.7 Å². The molecule has 0 radical (unpaired) electrons. The Morgan fingerprint density at radius 2 is 0.860 bits per heavy atom. The lowest BCUT2D eigenvalue weighted by Gasteiger charge is -2.16. The third-order valence-electron chi connectivity index (χ3n) is 12.2. The van der Waals surface area contributed by atoms with Crippen LogP contribution in [0.2, 0.25) is 0 Å². The zero-order valence-corrected chi connectivity index (χ0v) is 30.9. The highest BCUT2D eigenvalue weighted by molar-refractivity contribution is 6.28. The number of benzene rings is 11. The van der Waals surface area contributed by atoms with Crippen LogP contribution in [0.3, 0.4) is 0 Å². The van der Waals surface area contributed by atoms with Gasteiger partial charge in [0, 0.05) is 21.8 Å². The number of para-hydroxylation sites is 1. The number of nitrogens with zero attached hydrogens (tertiary/aromatic N) is 2. The van der Waals surface area contributed by atoms with Gasteiger partial charge in [-0.25, -0.2) is 0 Å². The lowest BCUT2D eigenvalue weighted by Crippen LogP contribution is -1.93. The highest BCUT2D eigenvalue weighted by Gasteiger charge is 2.21. The molecule has 12 aromatic rings. The van der Waals surface area contributed by atoms with Crippen molar-refractivity contribution in [2.24, 2.45) is 0 Å². The lowest BCUT2D eigenvalue weighted by molar-refractivity contribution is 1.18. The van der Waals surface area contributed by atoms with Crippen LogP contribution >= 0.6 is 0 Å². The molecular weight excluding hydrogens is 689 g/mol. The number of hydrogen-bond donors (Lipinski definition) is 0. The van der Waals surface area contributed by atoms with E-state index in [9.17, 15) is 5.26 Å². The molecule has 57 heavy (non-hydrogen) atoms. The zero-order chi connectivity index (χ0) is 37.6. The first-order chi connectivity index (χ1) is 28.2. The summed E-state index contributed by atoms with van der Waals surface area (Å²) in [7, 11) is 0. The van der Waals surface area contributed by atoms with Crippen molar-refractivity contribution in [1.29, 1.82) is 5.26 Å². The fourth-order valence-corrected chi connectivity index (χ4v) is 9.58. The van der Waals surface area contributed by atoms with Crippen LogP contribution in [0.25, 0.3) is 115 Å². The molecule has 12 rings (SSSR count). The van der Waals surface area contributed by atoms with E-state index in [2.05, 4.69) is 199 Å². The van der Waals surface area contributed by atoms with E-state index in [4.69, 9.17) is 0 Å². The predicted molar refractivity (Wildman–Crippen MR) is 241 cm³/mol. The maximum absolute atomic E-state index is 10.1. The summed E-state index contributed by atoms with van der Waals surface area (Å²) in [6, 6.07) is 72.9. The summed E-state index contributed by atoms with van der Waals surface area (Å²) in [5.74, 6) is 0. The van der Waals surface area contributed by atoms with Crippen molar-refractivity contribution in [1.82, 2.24) is 4.57 Å². The minimum Gasteiger partial charge on any atom is -0.309 e. The van der Waals surface area contributed by atoms with Crippen molar-refractivity contribution in [2.45, 2.75) is 0 Å². The fourth-order valence-electron chi connectivity index (χ4n) is 9.58. The summed E-state index contributed by atoms with van der Waals surface area (Å²) in [5, 5.41) is 24.6. The lowest BCUT2D eigenvalue weighted by atomic mass is 9.87. The summed E-state index contributed by atoms with van der Waals surface area (Å²) in [4.78, 5) is 0. The van der Waals surface area contributed by atoms with Crippen molar-refractivity contribution in [3.63, 3.8) is 0 Å². The van der Waals surface area contributed by atoms with E-state index in [1.807, 2.05) is 6.07 Å². The molecule has 262 valence electrons. The van der Waals surface area contributed by atoms with Crippen LogP contribution in [0, 0.1) is 11.3 Å². The molecule has 0 saturated carbocycles. The number of fused-ring (bicyclic) bond motifs is 6. The van der Waals surface area contributed by atoms with Crippen LogP contribution in [0.5, 0.6) is 0 Å². The molecule has 0 saturated heterocycles. The van der Waals surface area contributed by atoms with Crippen molar-refractivity contribution >= 4 is 75.7 Å². The fraction of sp³-hybridized carbons (Fsp3) is 0. The summed E-state index contributed by atoms with van der Waals surface area (Å²) in [6.07, 6.45) is 0. The Balaban J connectivity index is 1.03. The van der Waals surface area contributed by atoms with Gasteiger partial charge in [-0.05, 0) is 130 Å². The van der Waals surface area contributed by atoms with Crippen LogP contribution in [-0.2, 0) is 0 Å². The average molecular weight is 721 g/mol. The first kappa shape index (κ1) is 31.6. The second-order valence-corrected chi connectivity index (χ2v) is 15.1.